The summed E-state index contributed by atoms with van der Waals surface area (Å²) in [6, 6.07) is 30.9. The maximum Gasteiger partial charge on any atom is 0.426 e. The monoisotopic (exact) mass is 1040 g/mol. The van der Waals surface area contributed by atoms with Crippen LogP contribution < -0.4 is 30.3 Å². The Bertz CT molecular complexity index is 2780. The minimum atomic E-state index is -4.46. The normalized spacial score (nSPS) is 13.2. The van der Waals surface area contributed by atoms with Crippen LogP contribution in [0, 0.1) is 0 Å². The third-order valence-corrected chi connectivity index (χ3v) is 13.4. The molecule has 2 aliphatic heterocycles. The number of fused-ring (bicyclic) bond motifs is 2. The second-order valence-corrected chi connectivity index (χ2v) is 19.7. The van der Waals surface area contributed by atoms with Crippen molar-refractivity contribution in [1.29, 1.82) is 0 Å². The molecule has 0 radical (unpaired) electrons. The van der Waals surface area contributed by atoms with Crippen molar-refractivity contribution >= 4 is 64.2 Å². The van der Waals surface area contributed by atoms with Gasteiger partial charge in [-0.25, -0.2) is 0 Å². The number of nitrogens with two attached hydrogens (primary N) is 1. The van der Waals surface area contributed by atoms with E-state index in [-0.39, 0.29) is 67.5 Å². The van der Waals surface area contributed by atoms with Crippen molar-refractivity contribution in [2.75, 3.05) is 42.5 Å². The molecule has 0 saturated carbocycles. The van der Waals surface area contributed by atoms with Gasteiger partial charge in [-0.15, -0.1) is 35.1 Å². The first kappa shape index (κ1) is 54.4. The van der Waals surface area contributed by atoms with Gasteiger partial charge in [-0.05, 0) is 104 Å². The molecule has 10 nitrogen and oxygen atoms in total. The summed E-state index contributed by atoms with van der Waals surface area (Å²) in [5, 5.41) is 2.94. The number of carbonyl (C=O) groups excluding carboxylic acids is 3. The molecule has 0 saturated heterocycles. The van der Waals surface area contributed by atoms with Gasteiger partial charge in [0.15, 0.2) is 0 Å². The summed E-state index contributed by atoms with van der Waals surface area (Å²) >= 11 is 1.39. The van der Waals surface area contributed by atoms with E-state index >= 15 is 0 Å². The van der Waals surface area contributed by atoms with E-state index < -0.39 is 27.7 Å². The average Bonchev–Trinajstić information content (AvgIpc) is 4.14. The van der Waals surface area contributed by atoms with Crippen molar-refractivity contribution in [2.45, 2.75) is 77.6 Å². The van der Waals surface area contributed by atoms with Crippen LogP contribution in [-0.2, 0) is 57.5 Å². The van der Waals surface area contributed by atoms with Crippen LogP contribution in [0.3, 0.4) is 0 Å². The number of thiophene rings is 2. The third kappa shape index (κ3) is 14.4. The maximum atomic E-state index is 13.7. The lowest BCUT2D eigenvalue weighted by Crippen LogP contribution is -2.35. The number of benzene rings is 4. The van der Waals surface area contributed by atoms with Crippen molar-refractivity contribution in [3.63, 3.8) is 0 Å². The van der Waals surface area contributed by atoms with Gasteiger partial charge in [0.1, 0.15) is 40.1 Å². The number of hydrogen-bond acceptors (Lipinski definition) is 10. The zero-order valence-electron chi connectivity index (χ0n) is 39.1. The Hall–Kier alpha value is -5.92. The predicted molar refractivity (Wildman–Crippen MR) is 267 cm³/mol. The van der Waals surface area contributed by atoms with Crippen LogP contribution in [0.25, 0.3) is 22.3 Å². The van der Waals surface area contributed by atoms with Crippen LogP contribution in [0.5, 0.6) is 11.5 Å². The summed E-state index contributed by atoms with van der Waals surface area (Å²) in [6.45, 7) is 7.23. The molecular weight excluding hydrogens is 990 g/mol. The van der Waals surface area contributed by atoms with Crippen LogP contribution in [0.2, 0.25) is 0 Å². The highest BCUT2D eigenvalue weighted by Crippen LogP contribution is 2.45. The number of anilines is 2. The number of rotatable bonds is 15. The SMILES string of the molecule is CC(C)(C)OC(=O)CNCCC(=O)N1CCc2cc(OCc3cc(-c4ccccc4)c(C(F)(F)F)s3)ccc21.Cl.NCCC(=O)N1CCc2cc(OCc3cc(-c4ccccc4)c(C(F)(F)F)s3)ccc21. The van der Waals surface area contributed by atoms with E-state index in [9.17, 15) is 40.7 Å². The highest BCUT2D eigenvalue weighted by atomic mass is 35.5. The van der Waals surface area contributed by atoms with Crippen LogP contribution in [0.1, 0.15) is 64.2 Å². The Morgan fingerprint density at radius 1 is 0.634 bits per heavy atom. The summed E-state index contributed by atoms with van der Waals surface area (Å²) in [6.07, 6.45) is -7.01. The zero-order chi connectivity index (χ0) is 50.2. The summed E-state index contributed by atoms with van der Waals surface area (Å²) in [5.74, 6) is 0.648. The molecule has 0 fully saturated rings. The molecule has 0 spiro atoms. The lowest BCUT2D eigenvalue weighted by molar-refractivity contribution is -0.153. The van der Waals surface area contributed by atoms with Gasteiger partial charge in [-0.3, -0.25) is 14.4 Å². The van der Waals surface area contributed by atoms with Crippen LogP contribution >= 0.6 is 35.1 Å². The minimum absolute atomic E-state index is 0. The molecule has 2 aliphatic rings. The fourth-order valence-electron chi connectivity index (χ4n) is 8.03. The summed E-state index contributed by atoms with van der Waals surface area (Å²) < 4.78 is 98.5. The van der Waals surface area contributed by atoms with Gasteiger partial charge in [0, 0.05) is 71.3 Å². The molecule has 0 atom stereocenters. The van der Waals surface area contributed by atoms with Crippen LogP contribution in [-0.4, -0.2) is 56.1 Å². The second kappa shape index (κ2) is 23.5. The topological polar surface area (TPSA) is 123 Å². The fraction of sp³-hybridized carbons (Fsp3) is 0.327. The molecule has 2 amide bonds. The Morgan fingerprint density at radius 3 is 1.48 bits per heavy atom. The zero-order valence-corrected chi connectivity index (χ0v) is 41.5. The Kier molecular flexibility index (Phi) is 18.0. The molecule has 71 heavy (non-hydrogen) atoms. The Labute approximate surface area is 422 Å². The maximum absolute atomic E-state index is 13.7. The van der Waals surface area contributed by atoms with Crippen molar-refractivity contribution < 1.29 is 54.9 Å². The predicted octanol–water partition coefficient (Wildman–Crippen LogP) is 11.9. The van der Waals surface area contributed by atoms with Crippen LogP contribution in [0.15, 0.2) is 109 Å². The number of ether oxygens (including phenoxy) is 3. The lowest BCUT2D eigenvalue weighted by atomic mass is 10.1. The largest absolute Gasteiger partial charge is 0.488 e. The molecule has 0 bridgehead atoms. The van der Waals surface area contributed by atoms with Crippen molar-refractivity contribution in [3.8, 4) is 33.8 Å². The van der Waals surface area contributed by atoms with Crippen LogP contribution in [0.4, 0.5) is 37.7 Å². The van der Waals surface area contributed by atoms with E-state index in [1.54, 1.807) is 116 Å². The van der Waals surface area contributed by atoms with Gasteiger partial charge < -0.3 is 35.1 Å². The minimum Gasteiger partial charge on any atom is -0.488 e. The average molecular weight is 1040 g/mol. The van der Waals surface area contributed by atoms with E-state index in [4.69, 9.17) is 19.9 Å². The molecule has 8 rings (SSSR count). The first-order chi connectivity index (χ1) is 33.3. The van der Waals surface area contributed by atoms with Crippen molar-refractivity contribution in [1.82, 2.24) is 5.32 Å². The number of esters is 1. The molecule has 19 heteroatoms. The number of hydrogen-bond donors (Lipinski definition) is 2. The van der Waals surface area contributed by atoms with E-state index in [1.165, 1.54) is 6.07 Å². The molecule has 4 aromatic carbocycles. The first-order valence-corrected chi connectivity index (χ1v) is 24.2. The second-order valence-electron chi connectivity index (χ2n) is 17.4. The standard InChI is InChI=1S/C29H31F3N2O4S.C23H21F3N2O2S.ClH/c1-28(2,3)38-26(36)17-33-13-11-25(35)34-14-12-20-15-21(9-10-24(20)34)37-18-22-16-23(19-7-5-4-6-8-19)27(39-22)29(30,31)32;24-23(25,26)22-19(15-4-2-1-3-5-15)13-18(31-22)14-30-17-6-7-20-16(12-17)9-11-28(20)21(29)8-10-27;/h4-10,15-16,33H,11-14,17-18H2,1-3H3;1-7,12-13H,8-11,14,27H2;1H. The van der Waals surface area contributed by atoms with Crippen molar-refractivity contribution in [2.24, 2.45) is 5.73 Å². The molecule has 0 aliphatic carbocycles. The van der Waals surface area contributed by atoms with Gasteiger partial charge in [-0.2, -0.15) is 26.3 Å². The lowest BCUT2D eigenvalue weighted by Gasteiger charge is -2.20. The molecule has 378 valence electrons. The molecule has 2 aromatic heterocycles. The van der Waals surface area contributed by atoms with Gasteiger partial charge in [0.2, 0.25) is 11.8 Å². The van der Waals surface area contributed by atoms with Gasteiger partial charge >= 0.3 is 18.3 Å². The van der Waals surface area contributed by atoms with E-state index in [1.807, 2.05) is 18.2 Å². The smallest absolute Gasteiger partial charge is 0.426 e. The Balaban J connectivity index is 0.000000235. The van der Waals surface area contributed by atoms with E-state index in [2.05, 4.69) is 5.32 Å². The number of amides is 2. The quantitative estimate of drug-likeness (QED) is 0.0592. The Morgan fingerprint density at radius 2 is 1.07 bits per heavy atom. The third-order valence-electron chi connectivity index (χ3n) is 11.1. The molecular formula is C52H53ClF6N4O6S2. The number of halogens is 7. The summed E-state index contributed by atoms with van der Waals surface area (Å²) in [5.41, 5.74) is 9.82. The van der Waals surface area contributed by atoms with Gasteiger partial charge in [-0.1, -0.05) is 60.7 Å². The molecule has 3 N–H and O–H groups in total. The highest BCUT2D eigenvalue weighted by Gasteiger charge is 2.38. The highest BCUT2D eigenvalue weighted by molar-refractivity contribution is 7.13. The molecule has 0 unspecified atom stereocenters. The summed E-state index contributed by atoms with van der Waals surface area (Å²) in [4.78, 5) is 39.8. The van der Waals surface area contributed by atoms with Gasteiger partial charge in [0.05, 0.1) is 6.54 Å². The number of nitrogens with zero attached hydrogens (tertiary/aromatic N) is 2. The molecule has 4 heterocycles. The van der Waals surface area contributed by atoms with E-state index in [0.29, 0.717) is 100 Å². The van der Waals surface area contributed by atoms with E-state index in [0.717, 1.165) is 22.5 Å². The fourth-order valence-corrected chi connectivity index (χ4v) is 9.95. The first-order valence-electron chi connectivity index (χ1n) is 22.5. The summed E-state index contributed by atoms with van der Waals surface area (Å²) in [7, 11) is 0. The number of alkyl halides is 6. The van der Waals surface area contributed by atoms with Gasteiger partial charge in [0.25, 0.3) is 0 Å². The number of carbonyl (C=O) groups is 3. The molecule has 6 aromatic rings. The van der Waals surface area contributed by atoms with Crippen molar-refractivity contribution in [3.05, 3.63) is 140 Å². The number of nitrogens with one attached hydrogen (secondary N) is 1.